The van der Waals surface area contributed by atoms with Gasteiger partial charge in [-0.2, -0.15) is 15.8 Å². The van der Waals surface area contributed by atoms with E-state index < -0.39 is 5.97 Å². The van der Waals surface area contributed by atoms with Crippen molar-refractivity contribution in [3.8, 4) is 18.2 Å². The minimum Gasteiger partial charge on any atom is -0.478 e. The van der Waals surface area contributed by atoms with Crippen molar-refractivity contribution < 1.29 is 19.5 Å². The Bertz CT molecular complexity index is 5650. The highest BCUT2D eigenvalue weighted by molar-refractivity contribution is 5.96. The van der Waals surface area contributed by atoms with Gasteiger partial charge < -0.3 is 38.7 Å². The van der Waals surface area contributed by atoms with Gasteiger partial charge in [0.1, 0.15) is 52.7 Å². The number of hydrogen-bond donors (Lipinski definition) is 7. The van der Waals surface area contributed by atoms with Crippen LogP contribution in [0, 0.1) is 34.0 Å². The first kappa shape index (κ1) is 70.8. The molecule has 0 saturated heterocycles. The van der Waals surface area contributed by atoms with E-state index in [1.165, 1.54) is 12.3 Å². The molecule has 0 radical (unpaired) electrons. The standard InChI is InChI=1S/2C27H20N6O.C17H11N3O2.C10H11N3.CH4/c2*28-15-22-4-3-20-11-17(2-6-25(20)33-22)13-23-14-21(8-9-30-23)27(34)32-16-18-1-5-24-19(12-18)7-10-31-26(24)29;18-10-14-3-2-12-7-11(1-4-16(12)20-14)8-15-9-13(17(21)22)5-6-19-15;11-6-7-1-2-9-8(5-7)3-4-13-10(9)12;/h2*1-12,14H,13,16H2,(H2,29,31)(H,32,34);1-7,9H,8H2,(H,21,22);1-5H,6,11H2,(H2,12,13);1H4. The molecular formula is C82H66N18O4. The highest BCUT2D eigenvalue weighted by Crippen LogP contribution is 2.25. The van der Waals surface area contributed by atoms with Crippen molar-refractivity contribution in [2.75, 3.05) is 17.2 Å². The Morgan fingerprint density at radius 2 is 0.663 bits per heavy atom. The maximum atomic E-state index is 12.8. The summed E-state index contributed by atoms with van der Waals surface area (Å²) >= 11 is 0. The van der Waals surface area contributed by atoms with Gasteiger partial charge in [0.15, 0.2) is 0 Å². The van der Waals surface area contributed by atoms with Crippen molar-refractivity contribution in [2.24, 2.45) is 5.73 Å². The van der Waals surface area contributed by atoms with Crippen LogP contribution >= 0.6 is 0 Å². The molecule has 0 unspecified atom stereocenters. The van der Waals surface area contributed by atoms with Crippen LogP contribution in [0.1, 0.15) is 106 Å². The largest absolute Gasteiger partial charge is 0.478 e. The van der Waals surface area contributed by atoms with Crippen LogP contribution in [-0.2, 0) is 38.9 Å². The third-order valence-corrected chi connectivity index (χ3v) is 16.7. The molecule has 22 heteroatoms. The van der Waals surface area contributed by atoms with E-state index in [0.29, 0.717) is 90.3 Å². The summed E-state index contributed by atoms with van der Waals surface area (Å²) in [6.07, 6.45) is 11.6. The van der Waals surface area contributed by atoms with Gasteiger partial charge in [-0.05, 0) is 195 Å². The summed E-state index contributed by atoms with van der Waals surface area (Å²) < 4.78 is 0. The number of aromatic carboxylic acids is 1. The summed E-state index contributed by atoms with van der Waals surface area (Å²) in [5, 5.41) is 50.5. The van der Waals surface area contributed by atoms with Gasteiger partial charge in [-0.25, -0.2) is 34.7 Å². The predicted octanol–water partition coefficient (Wildman–Crippen LogP) is 13.0. The maximum absolute atomic E-state index is 12.8. The number of pyridine rings is 9. The van der Waals surface area contributed by atoms with Crippen LogP contribution in [-0.4, -0.2) is 67.7 Å². The lowest BCUT2D eigenvalue weighted by Gasteiger charge is -2.09. The number of carbonyl (C=O) groups is 3. The molecule has 22 nitrogen and oxygen atoms in total. The van der Waals surface area contributed by atoms with Gasteiger partial charge in [-0.15, -0.1) is 0 Å². The number of nitriles is 3. The normalized spacial score (nSPS) is 10.6. The van der Waals surface area contributed by atoms with Gasteiger partial charge in [-0.1, -0.05) is 62.0 Å². The van der Waals surface area contributed by atoms with E-state index in [9.17, 15) is 14.4 Å². The number of nitrogens with zero attached hydrogens (tertiary/aromatic N) is 12. The first-order valence-corrected chi connectivity index (χ1v) is 32.3. The zero-order valence-electron chi connectivity index (χ0n) is 55.1. The summed E-state index contributed by atoms with van der Waals surface area (Å²) in [5.74, 6) is 0.268. The Kier molecular flexibility index (Phi) is 22.4. The van der Waals surface area contributed by atoms with Crippen molar-refractivity contribution in [3.05, 3.63) is 322 Å². The van der Waals surface area contributed by atoms with E-state index in [-0.39, 0.29) is 24.8 Å². The number of anilines is 3. The molecule has 0 aliphatic rings. The molecule has 0 aliphatic carbocycles. The molecular weight excluding hydrogens is 1300 g/mol. The Balaban J connectivity index is 0.000000146. The number of fused-ring (bicyclic) bond motifs is 6. The molecule has 0 spiro atoms. The lowest BCUT2D eigenvalue weighted by atomic mass is 10.0. The zero-order chi connectivity index (χ0) is 71.8. The van der Waals surface area contributed by atoms with E-state index in [1.807, 2.05) is 164 Å². The first-order valence-electron chi connectivity index (χ1n) is 32.3. The molecule has 0 atom stereocenters. The van der Waals surface area contributed by atoms with E-state index >= 15 is 0 Å². The maximum Gasteiger partial charge on any atom is 0.335 e. The fourth-order valence-corrected chi connectivity index (χ4v) is 11.5. The monoisotopic (exact) mass is 1370 g/mol. The van der Waals surface area contributed by atoms with Gasteiger partial charge in [0, 0.05) is 137 Å². The highest BCUT2D eigenvalue weighted by Gasteiger charge is 2.14. The third kappa shape index (κ3) is 17.7. The SMILES string of the molecule is C.N#Cc1ccc2cc(Cc3cc(C(=O)NCc4ccc5c(N)nccc5c4)ccn3)ccc2n1.N#Cc1ccc2cc(Cc3cc(C(=O)NCc4ccc5c(N)nccc5c4)ccn3)ccc2n1.N#Cc1ccc2cc(Cc3cc(C(=O)O)ccn3)ccc2n1.NCc1ccc2c(N)nccc2c1. The highest BCUT2D eigenvalue weighted by atomic mass is 16.4. The molecule has 0 fully saturated rings. The number of carboxylic acids is 1. The molecule has 2 amide bonds. The van der Waals surface area contributed by atoms with Crippen molar-refractivity contribution >= 4 is 100 Å². The van der Waals surface area contributed by atoms with Crippen LogP contribution in [0.3, 0.4) is 0 Å². The number of carbonyl (C=O) groups excluding carboxylic acids is 2. The molecule has 0 saturated carbocycles. The van der Waals surface area contributed by atoms with Gasteiger partial charge in [0.25, 0.3) is 11.8 Å². The lowest BCUT2D eigenvalue weighted by molar-refractivity contribution is 0.0696. The van der Waals surface area contributed by atoms with Crippen molar-refractivity contribution in [3.63, 3.8) is 0 Å². The van der Waals surface area contributed by atoms with E-state index in [2.05, 4.69) is 67.6 Å². The van der Waals surface area contributed by atoms with Crippen LogP contribution in [0.4, 0.5) is 17.5 Å². The molecule has 11 N–H and O–H groups in total. The second-order valence-corrected chi connectivity index (χ2v) is 23.8. The lowest BCUT2D eigenvalue weighted by Crippen LogP contribution is -2.23. The van der Waals surface area contributed by atoms with Gasteiger partial charge in [0.05, 0.1) is 22.1 Å². The fraction of sp³-hybridized carbons (Fsp3) is 0.0854. The summed E-state index contributed by atoms with van der Waals surface area (Å²) in [4.78, 5) is 74.6. The number of rotatable bonds is 14. The number of carboxylic acid groups (broad SMARTS) is 1. The van der Waals surface area contributed by atoms with E-state index in [1.54, 1.807) is 67.4 Å². The van der Waals surface area contributed by atoms with E-state index in [0.717, 1.165) is 110 Å². The smallest absolute Gasteiger partial charge is 0.335 e. The summed E-state index contributed by atoms with van der Waals surface area (Å²) in [6.45, 7) is 1.35. The number of nitrogens with two attached hydrogens (primary N) is 4. The van der Waals surface area contributed by atoms with Crippen molar-refractivity contribution in [1.29, 1.82) is 15.8 Å². The predicted molar refractivity (Wildman–Crippen MR) is 403 cm³/mol. The molecule has 0 bridgehead atoms. The zero-order valence-corrected chi connectivity index (χ0v) is 55.1. The number of nitrogen functional groups attached to an aromatic ring is 3. The first-order chi connectivity index (χ1) is 50.1. The Labute approximate surface area is 597 Å². The third-order valence-electron chi connectivity index (χ3n) is 16.7. The number of nitrogens with one attached hydrogen (secondary N) is 2. The number of hydrogen-bond acceptors (Lipinski definition) is 19. The average Bonchev–Trinajstić information content (AvgIpc) is 0.860. The Morgan fingerprint density at radius 3 is 1.01 bits per heavy atom. The van der Waals surface area contributed by atoms with Crippen LogP contribution in [0.15, 0.2) is 237 Å². The fourth-order valence-electron chi connectivity index (χ4n) is 11.5. The molecule has 9 aromatic heterocycles. The second kappa shape index (κ2) is 32.9. The van der Waals surface area contributed by atoms with Crippen LogP contribution in [0.25, 0.3) is 65.0 Å². The van der Waals surface area contributed by atoms with Gasteiger partial charge in [0.2, 0.25) is 0 Å². The van der Waals surface area contributed by atoms with Crippen molar-refractivity contribution in [2.45, 2.75) is 46.3 Å². The average molecular weight is 1370 g/mol. The van der Waals surface area contributed by atoms with Gasteiger partial charge >= 0.3 is 5.97 Å². The Morgan fingerprint density at radius 1 is 0.356 bits per heavy atom. The number of aromatic nitrogens is 9. The quantitative estimate of drug-likeness (QED) is 0.0531. The molecule has 9 heterocycles. The second-order valence-electron chi connectivity index (χ2n) is 23.8. The minimum atomic E-state index is -0.963. The number of amides is 2. The topological polar surface area (TPSA) is 387 Å². The molecule has 15 rings (SSSR count). The van der Waals surface area contributed by atoms with Gasteiger partial charge in [-0.3, -0.25) is 24.5 Å². The molecule has 104 heavy (non-hydrogen) atoms. The van der Waals surface area contributed by atoms with Crippen molar-refractivity contribution in [1.82, 2.24) is 55.5 Å². The molecule has 508 valence electrons. The molecule has 0 aliphatic heterocycles. The molecule has 6 aromatic carbocycles. The minimum absolute atomic E-state index is 0. The summed E-state index contributed by atoms with van der Waals surface area (Å²) in [7, 11) is 0. The Hall–Kier alpha value is -14.5. The van der Waals surface area contributed by atoms with Crippen LogP contribution < -0.4 is 33.6 Å². The summed E-state index contributed by atoms with van der Waals surface area (Å²) in [5.41, 5.74) is 36.3. The van der Waals surface area contributed by atoms with E-state index in [4.69, 9.17) is 43.8 Å². The van der Waals surface area contributed by atoms with Crippen LogP contribution in [0.2, 0.25) is 0 Å². The summed E-state index contributed by atoms with van der Waals surface area (Å²) in [6, 6.07) is 67.8. The molecule has 15 aromatic rings. The number of benzene rings is 6. The van der Waals surface area contributed by atoms with Crippen LogP contribution in [0.5, 0.6) is 0 Å².